The summed E-state index contributed by atoms with van der Waals surface area (Å²) in [5.41, 5.74) is 2.52. The topological polar surface area (TPSA) is 111 Å². The van der Waals surface area contributed by atoms with Crippen LogP contribution in [0.15, 0.2) is 53.8 Å². The molecular weight excluding hydrogens is 377 g/mol. The molecule has 0 radical (unpaired) electrons. The van der Waals surface area contributed by atoms with Crippen molar-refractivity contribution in [3.8, 4) is 16.9 Å². The molecule has 0 atom stereocenters. The van der Waals surface area contributed by atoms with Gasteiger partial charge < -0.3 is 15.5 Å². The van der Waals surface area contributed by atoms with Crippen molar-refractivity contribution in [1.29, 1.82) is 0 Å². The van der Waals surface area contributed by atoms with E-state index >= 15 is 0 Å². The second kappa shape index (κ2) is 7.51. The number of aromatic amines is 1. The number of aromatic nitrogens is 3. The van der Waals surface area contributed by atoms with E-state index in [1.807, 2.05) is 0 Å². The first kappa shape index (κ1) is 19.1. The van der Waals surface area contributed by atoms with E-state index in [0.29, 0.717) is 5.75 Å². The predicted octanol–water partition coefficient (Wildman–Crippen LogP) is 2.53. The lowest BCUT2D eigenvalue weighted by molar-refractivity contribution is -0.140. The van der Waals surface area contributed by atoms with Crippen LogP contribution >= 0.6 is 0 Å². The van der Waals surface area contributed by atoms with Gasteiger partial charge in [0.25, 0.3) is 11.5 Å². The summed E-state index contributed by atoms with van der Waals surface area (Å²) in [6.45, 7) is 0.179. The number of amides is 1. The number of nitrogens with zero attached hydrogens (tertiary/aromatic N) is 2. The summed E-state index contributed by atoms with van der Waals surface area (Å²) < 4.78 is 45.5. The summed E-state index contributed by atoms with van der Waals surface area (Å²) in [5, 5.41) is 0. The Morgan fingerprint density at radius 1 is 1.14 bits per heavy atom. The number of hydrogen-bond donors (Lipinski definition) is 2. The molecule has 0 fully saturated rings. The van der Waals surface area contributed by atoms with E-state index in [4.69, 9.17) is 10.5 Å². The lowest BCUT2D eigenvalue weighted by atomic mass is 10.0. The molecule has 0 bridgehead atoms. The molecular formula is C18H13F3N4O3. The molecule has 1 aromatic carbocycles. The van der Waals surface area contributed by atoms with Crippen LogP contribution in [0.2, 0.25) is 0 Å². The zero-order valence-corrected chi connectivity index (χ0v) is 14.2. The minimum Gasteiger partial charge on any atom is -0.489 e. The number of primary amides is 1. The van der Waals surface area contributed by atoms with Crippen LogP contribution in [0.4, 0.5) is 13.2 Å². The van der Waals surface area contributed by atoms with Crippen LogP contribution in [-0.4, -0.2) is 20.9 Å². The van der Waals surface area contributed by atoms with Crippen LogP contribution < -0.4 is 16.0 Å². The molecule has 3 N–H and O–H groups in total. The van der Waals surface area contributed by atoms with Gasteiger partial charge in [-0.05, 0) is 23.8 Å². The van der Waals surface area contributed by atoms with Crippen LogP contribution in [0.25, 0.3) is 11.1 Å². The van der Waals surface area contributed by atoms with E-state index < -0.39 is 28.9 Å². The largest absolute Gasteiger partial charge is 0.489 e. The monoisotopic (exact) mass is 390 g/mol. The number of rotatable bonds is 5. The van der Waals surface area contributed by atoms with Gasteiger partial charge in [-0.15, -0.1) is 0 Å². The van der Waals surface area contributed by atoms with Crippen LogP contribution in [-0.2, 0) is 12.8 Å². The Labute approximate surface area is 156 Å². The highest BCUT2D eigenvalue weighted by molar-refractivity contribution is 5.93. The normalized spacial score (nSPS) is 11.2. The summed E-state index contributed by atoms with van der Waals surface area (Å²) in [7, 11) is 0. The molecule has 2 heterocycles. The average Bonchev–Trinajstić information content (AvgIpc) is 2.66. The lowest BCUT2D eigenvalue weighted by Crippen LogP contribution is -2.27. The average molecular weight is 390 g/mol. The SMILES string of the molecule is NC(=O)c1cc(-c2ccc(OCc3cncnc3)cc2)c(C(F)(F)F)[nH]c1=O. The maximum absolute atomic E-state index is 13.3. The van der Waals surface area contributed by atoms with E-state index in [-0.39, 0.29) is 17.7 Å². The molecule has 0 spiro atoms. The maximum Gasteiger partial charge on any atom is 0.431 e. The fourth-order valence-electron chi connectivity index (χ4n) is 2.47. The zero-order chi connectivity index (χ0) is 20.3. The van der Waals surface area contributed by atoms with Gasteiger partial charge in [0.05, 0.1) is 0 Å². The third-order valence-electron chi connectivity index (χ3n) is 3.77. The quantitative estimate of drug-likeness (QED) is 0.696. The Morgan fingerprint density at radius 2 is 1.79 bits per heavy atom. The summed E-state index contributed by atoms with van der Waals surface area (Å²) in [4.78, 5) is 32.4. The van der Waals surface area contributed by atoms with Crippen molar-refractivity contribution in [2.45, 2.75) is 12.8 Å². The Balaban J connectivity index is 1.93. The third-order valence-corrected chi connectivity index (χ3v) is 3.77. The van der Waals surface area contributed by atoms with Gasteiger partial charge in [-0.1, -0.05) is 12.1 Å². The van der Waals surface area contributed by atoms with Gasteiger partial charge in [0.1, 0.15) is 29.9 Å². The molecule has 0 aliphatic carbocycles. The molecule has 0 saturated heterocycles. The molecule has 10 heteroatoms. The Morgan fingerprint density at radius 3 is 2.36 bits per heavy atom. The van der Waals surface area contributed by atoms with Gasteiger partial charge in [-0.25, -0.2) is 9.97 Å². The molecule has 3 aromatic rings. The fraction of sp³-hybridized carbons (Fsp3) is 0.111. The molecule has 1 amide bonds. The van der Waals surface area contributed by atoms with Gasteiger partial charge in [0, 0.05) is 23.5 Å². The number of halogens is 3. The van der Waals surface area contributed by atoms with E-state index in [2.05, 4.69) is 9.97 Å². The molecule has 2 aromatic heterocycles. The number of nitrogens with one attached hydrogen (secondary N) is 1. The Hall–Kier alpha value is -3.69. The summed E-state index contributed by atoms with van der Waals surface area (Å²) in [6, 6.07) is 6.53. The summed E-state index contributed by atoms with van der Waals surface area (Å²) in [6.07, 6.45) is -0.306. The van der Waals surface area contributed by atoms with Crippen molar-refractivity contribution >= 4 is 5.91 Å². The predicted molar refractivity (Wildman–Crippen MR) is 92.4 cm³/mol. The number of H-pyrrole nitrogens is 1. The highest BCUT2D eigenvalue weighted by atomic mass is 19.4. The Kier molecular flexibility index (Phi) is 5.12. The van der Waals surface area contributed by atoms with Crippen molar-refractivity contribution in [1.82, 2.24) is 15.0 Å². The second-order valence-electron chi connectivity index (χ2n) is 5.72. The zero-order valence-electron chi connectivity index (χ0n) is 14.2. The highest BCUT2D eigenvalue weighted by Gasteiger charge is 2.36. The van der Waals surface area contributed by atoms with Gasteiger partial charge >= 0.3 is 6.18 Å². The molecule has 3 rings (SSSR count). The van der Waals surface area contributed by atoms with E-state index in [9.17, 15) is 22.8 Å². The lowest BCUT2D eigenvalue weighted by Gasteiger charge is -2.14. The van der Waals surface area contributed by atoms with E-state index in [0.717, 1.165) is 11.6 Å². The minimum absolute atomic E-state index is 0.126. The van der Waals surface area contributed by atoms with Crippen molar-refractivity contribution in [3.05, 3.63) is 76.2 Å². The second-order valence-corrected chi connectivity index (χ2v) is 5.72. The van der Waals surface area contributed by atoms with Crippen molar-refractivity contribution in [2.75, 3.05) is 0 Å². The smallest absolute Gasteiger partial charge is 0.431 e. The van der Waals surface area contributed by atoms with Crippen molar-refractivity contribution in [3.63, 3.8) is 0 Å². The maximum atomic E-state index is 13.3. The number of hydrogen-bond acceptors (Lipinski definition) is 5. The highest BCUT2D eigenvalue weighted by Crippen LogP contribution is 2.35. The van der Waals surface area contributed by atoms with Gasteiger partial charge in [-0.3, -0.25) is 9.59 Å². The number of pyridine rings is 1. The standard InChI is InChI=1S/C18H13F3N4O3/c19-18(20,21)15-13(5-14(16(22)26)17(27)25-15)11-1-3-12(4-2-11)28-8-10-6-23-9-24-7-10/h1-7,9H,8H2,(H2,22,26)(H,25,27). The van der Waals surface area contributed by atoms with Crippen LogP contribution in [0.3, 0.4) is 0 Å². The number of alkyl halides is 3. The Bertz CT molecular complexity index is 1050. The number of benzene rings is 1. The number of carbonyl (C=O) groups excluding carboxylic acids is 1. The molecule has 144 valence electrons. The number of carbonyl (C=O) groups is 1. The van der Waals surface area contributed by atoms with Gasteiger partial charge in [0.2, 0.25) is 0 Å². The number of ether oxygens (including phenoxy) is 1. The first-order chi connectivity index (χ1) is 13.3. The molecule has 0 saturated carbocycles. The summed E-state index contributed by atoms with van der Waals surface area (Å²) >= 11 is 0. The van der Waals surface area contributed by atoms with Crippen LogP contribution in [0.5, 0.6) is 5.75 Å². The first-order valence-electron chi connectivity index (χ1n) is 7.87. The van der Waals surface area contributed by atoms with Crippen LogP contribution in [0, 0.1) is 0 Å². The molecule has 0 aliphatic heterocycles. The van der Waals surface area contributed by atoms with Crippen LogP contribution in [0.1, 0.15) is 21.6 Å². The van der Waals surface area contributed by atoms with Crippen molar-refractivity contribution < 1.29 is 22.7 Å². The molecule has 0 aliphatic rings. The van der Waals surface area contributed by atoms with E-state index in [1.54, 1.807) is 17.4 Å². The first-order valence-corrected chi connectivity index (χ1v) is 7.87. The molecule has 28 heavy (non-hydrogen) atoms. The van der Waals surface area contributed by atoms with Crippen molar-refractivity contribution in [2.24, 2.45) is 5.73 Å². The van der Waals surface area contributed by atoms with Gasteiger partial charge in [-0.2, -0.15) is 13.2 Å². The third kappa shape index (κ3) is 4.17. The fourth-order valence-corrected chi connectivity index (χ4v) is 2.47. The molecule has 0 unspecified atom stereocenters. The minimum atomic E-state index is -4.83. The number of nitrogens with two attached hydrogens (primary N) is 1. The van der Waals surface area contributed by atoms with E-state index in [1.165, 1.54) is 30.6 Å². The molecule has 7 nitrogen and oxygen atoms in total. The summed E-state index contributed by atoms with van der Waals surface area (Å²) in [5.74, 6) is -0.720. The van der Waals surface area contributed by atoms with Gasteiger partial charge in [0.15, 0.2) is 0 Å².